The highest BCUT2D eigenvalue weighted by molar-refractivity contribution is 14.0. The highest BCUT2D eigenvalue weighted by Crippen LogP contribution is 2.31. The van der Waals surface area contributed by atoms with Crippen LogP contribution in [0, 0.1) is 0 Å². The van der Waals surface area contributed by atoms with Crippen LogP contribution in [0.15, 0.2) is 53.7 Å². The fourth-order valence-corrected chi connectivity index (χ4v) is 3.06. The van der Waals surface area contributed by atoms with Crippen molar-refractivity contribution >= 4 is 41.5 Å². The van der Waals surface area contributed by atoms with Gasteiger partial charge in [0.25, 0.3) is 0 Å². The molecule has 1 atom stereocenters. The Morgan fingerprint density at radius 3 is 2.81 bits per heavy atom. The van der Waals surface area contributed by atoms with Crippen molar-refractivity contribution in [2.24, 2.45) is 4.99 Å². The van der Waals surface area contributed by atoms with Crippen molar-refractivity contribution in [1.82, 2.24) is 15.6 Å². The summed E-state index contributed by atoms with van der Waals surface area (Å²) in [6, 6.07) is 13.9. The number of anilines is 1. The zero-order valence-electron chi connectivity index (χ0n) is 15.4. The predicted molar refractivity (Wildman–Crippen MR) is 120 cm³/mol. The quantitative estimate of drug-likeness (QED) is 0.338. The molecule has 1 aliphatic rings. The van der Waals surface area contributed by atoms with Crippen LogP contribution in [-0.2, 0) is 11.2 Å². The highest BCUT2D eigenvalue weighted by atomic mass is 127. The number of rotatable bonds is 6. The smallest absolute Gasteiger partial charge is 0.225 e. The normalized spacial score (nSPS) is 16.0. The number of benzene rings is 1. The molecule has 1 aromatic heterocycles. The highest BCUT2D eigenvalue weighted by Gasteiger charge is 2.24. The Hall–Kier alpha value is -2.16. The van der Waals surface area contributed by atoms with E-state index in [-0.39, 0.29) is 35.8 Å². The molecule has 2 aromatic rings. The molecular formula is C20H26IN5O. The third-order valence-corrected chi connectivity index (χ3v) is 4.32. The first-order valence-electron chi connectivity index (χ1n) is 9.07. The van der Waals surface area contributed by atoms with Gasteiger partial charge >= 0.3 is 0 Å². The van der Waals surface area contributed by atoms with E-state index in [0.29, 0.717) is 13.0 Å². The van der Waals surface area contributed by atoms with Gasteiger partial charge in [-0.05, 0) is 30.7 Å². The van der Waals surface area contributed by atoms with Crippen molar-refractivity contribution in [3.8, 4) is 0 Å². The largest absolute Gasteiger partial charge is 0.357 e. The second-order valence-corrected chi connectivity index (χ2v) is 6.25. The number of aliphatic imine (C=N–C) groups is 1. The number of guanidine groups is 1. The molecule has 1 aromatic carbocycles. The van der Waals surface area contributed by atoms with E-state index in [2.05, 4.69) is 27.0 Å². The summed E-state index contributed by atoms with van der Waals surface area (Å²) in [7, 11) is 0. The topological polar surface area (TPSA) is 78.4 Å². The van der Waals surface area contributed by atoms with Crippen molar-refractivity contribution in [2.75, 3.05) is 25.0 Å². The fourth-order valence-electron chi connectivity index (χ4n) is 3.06. The Bertz CT molecular complexity index is 766. The van der Waals surface area contributed by atoms with E-state index in [1.807, 2.05) is 43.3 Å². The molecule has 3 rings (SSSR count). The molecule has 0 fully saturated rings. The monoisotopic (exact) mass is 479 g/mol. The van der Waals surface area contributed by atoms with Crippen LogP contribution in [0.2, 0.25) is 0 Å². The second-order valence-electron chi connectivity index (χ2n) is 6.25. The lowest BCUT2D eigenvalue weighted by Crippen LogP contribution is -2.39. The van der Waals surface area contributed by atoms with Gasteiger partial charge in [-0.15, -0.1) is 24.0 Å². The Labute approximate surface area is 177 Å². The predicted octanol–water partition coefficient (Wildman–Crippen LogP) is 2.92. The molecule has 3 N–H and O–H groups in total. The van der Waals surface area contributed by atoms with Gasteiger partial charge in [0.2, 0.25) is 5.91 Å². The molecular weight excluding hydrogens is 453 g/mol. The maximum Gasteiger partial charge on any atom is 0.225 e. The molecule has 2 heterocycles. The summed E-state index contributed by atoms with van der Waals surface area (Å²) in [5.74, 6) is 0.926. The van der Waals surface area contributed by atoms with Crippen LogP contribution in [0.25, 0.3) is 0 Å². The lowest BCUT2D eigenvalue weighted by Gasteiger charge is -2.24. The number of halogens is 1. The number of nitrogens with zero attached hydrogens (tertiary/aromatic N) is 2. The number of hydrogen-bond acceptors (Lipinski definition) is 3. The standard InChI is InChI=1S/C20H25N5O.HI/c1-2-21-20(23-12-10-16-7-5-6-11-22-16)24-14-15-13-19(26)25-18-9-4-3-8-17(15)18;/h3-9,11,15H,2,10,12-14H2,1H3,(H,25,26)(H2,21,23,24);1H. The molecule has 6 nitrogen and oxygen atoms in total. The molecule has 1 amide bonds. The van der Waals surface area contributed by atoms with Gasteiger partial charge in [0, 0.05) is 49.4 Å². The summed E-state index contributed by atoms with van der Waals surface area (Å²) in [6.07, 6.45) is 3.11. The molecule has 7 heteroatoms. The lowest BCUT2D eigenvalue weighted by molar-refractivity contribution is -0.116. The fraction of sp³-hybridized carbons (Fsp3) is 0.350. The summed E-state index contributed by atoms with van der Waals surface area (Å²) >= 11 is 0. The molecule has 1 aliphatic heterocycles. The number of nitrogens with one attached hydrogen (secondary N) is 3. The number of aromatic nitrogens is 1. The molecule has 144 valence electrons. The molecule has 0 bridgehead atoms. The van der Waals surface area contributed by atoms with Crippen molar-refractivity contribution in [3.05, 3.63) is 59.9 Å². The number of amides is 1. The summed E-state index contributed by atoms with van der Waals surface area (Å²) in [4.78, 5) is 21.0. The molecule has 0 saturated heterocycles. The summed E-state index contributed by atoms with van der Waals surface area (Å²) in [5, 5.41) is 9.53. The van der Waals surface area contributed by atoms with Crippen molar-refractivity contribution < 1.29 is 4.79 Å². The number of pyridine rings is 1. The summed E-state index contributed by atoms with van der Waals surface area (Å²) < 4.78 is 0. The maximum atomic E-state index is 11.9. The van der Waals surface area contributed by atoms with Crippen LogP contribution in [0.1, 0.15) is 30.5 Å². The number of para-hydroxylation sites is 1. The van der Waals surface area contributed by atoms with Gasteiger partial charge in [-0.1, -0.05) is 24.3 Å². The number of carbonyl (C=O) groups excluding carboxylic acids is 1. The maximum absolute atomic E-state index is 11.9. The van der Waals surface area contributed by atoms with E-state index in [9.17, 15) is 4.79 Å². The summed E-state index contributed by atoms with van der Waals surface area (Å²) in [5.41, 5.74) is 3.10. The first-order chi connectivity index (χ1) is 12.8. The van der Waals surface area contributed by atoms with Crippen LogP contribution in [-0.4, -0.2) is 36.5 Å². The van der Waals surface area contributed by atoms with Crippen LogP contribution < -0.4 is 16.0 Å². The minimum Gasteiger partial charge on any atom is -0.357 e. The average Bonchev–Trinajstić information content (AvgIpc) is 2.66. The third kappa shape index (κ3) is 6.20. The number of carbonyl (C=O) groups is 1. The van der Waals surface area contributed by atoms with Gasteiger partial charge in [0.15, 0.2) is 5.96 Å². The first-order valence-corrected chi connectivity index (χ1v) is 9.07. The van der Waals surface area contributed by atoms with Crippen LogP contribution in [0.3, 0.4) is 0 Å². The van der Waals surface area contributed by atoms with Gasteiger partial charge in [0.1, 0.15) is 0 Å². The zero-order chi connectivity index (χ0) is 18.2. The van der Waals surface area contributed by atoms with E-state index in [1.54, 1.807) is 6.20 Å². The van der Waals surface area contributed by atoms with Crippen molar-refractivity contribution in [3.63, 3.8) is 0 Å². The molecule has 0 radical (unpaired) electrons. The van der Waals surface area contributed by atoms with Crippen LogP contribution in [0.4, 0.5) is 5.69 Å². The summed E-state index contributed by atoms with van der Waals surface area (Å²) in [6.45, 7) is 4.16. The van der Waals surface area contributed by atoms with Crippen LogP contribution >= 0.6 is 24.0 Å². The number of fused-ring (bicyclic) bond motifs is 1. The Morgan fingerprint density at radius 1 is 1.22 bits per heavy atom. The van der Waals surface area contributed by atoms with E-state index in [4.69, 9.17) is 4.99 Å². The van der Waals surface area contributed by atoms with Crippen molar-refractivity contribution in [2.45, 2.75) is 25.7 Å². The van der Waals surface area contributed by atoms with E-state index >= 15 is 0 Å². The minimum atomic E-state index is 0. The van der Waals surface area contributed by atoms with E-state index in [0.717, 1.165) is 42.4 Å². The van der Waals surface area contributed by atoms with Gasteiger partial charge < -0.3 is 16.0 Å². The average molecular weight is 479 g/mol. The van der Waals surface area contributed by atoms with E-state index in [1.165, 1.54) is 0 Å². The van der Waals surface area contributed by atoms with E-state index < -0.39 is 0 Å². The van der Waals surface area contributed by atoms with Gasteiger partial charge in [-0.3, -0.25) is 14.8 Å². The van der Waals surface area contributed by atoms with Crippen molar-refractivity contribution in [1.29, 1.82) is 0 Å². The van der Waals surface area contributed by atoms with Crippen LogP contribution in [0.5, 0.6) is 0 Å². The third-order valence-electron chi connectivity index (χ3n) is 4.32. The Balaban J connectivity index is 0.00000261. The SMILES string of the molecule is CCNC(=NCC1CC(=O)Nc2ccccc21)NCCc1ccccn1.I. The molecule has 0 aliphatic carbocycles. The van der Waals surface area contributed by atoms with Gasteiger partial charge in [-0.25, -0.2) is 0 Å². The zero-order valence-corrected chi connectivity index (χ0v) is 17.8. The Morgan fingerprint density at radius 2 is 2.04 bits per heavy atom. The second kappa shape index (κ2) is 10.9. The van der Waals surface area contributed by atoms with Gasteiger partial charge in [-0.2, -0.15) is 0 Å². The first kappa shape index (κ1) is 21.1. The molecule has 0 saturated carbocycles. The molecule has 1 unspecified atom stereocenters. The number of hydrogen-bond donors (Lipinski definition) is 3. The molecule has 27 heavy (non-hydrogen) atoms. The molecule has 0 spiro atoms. The Kier molecular flexibility index (Phi) is 8.50. The lowest BCUT2D eigenvalue weighted by atomic mass is 9.91. The minimum absolute atomic E-state index is 0. The van der Waals surface area contributed by atoms with Gasteiger partial charge in [0.05, 0.1) is 6.54 Å².